The molecule has 3 unspecified atom stereocenters. The highest BCUT2D eigenvalue weighted by Crippen LogP contribution is 2.27. The third-order valence-electron chi connectivity index (χ3n) is 7.04. The summed E-state index contributed by atoms with van der Waals surface area (Å²) < 4.78 is 5.90. The summed E-state index contributed by atoms with van der Waals surface area (Å²) in [6, 6.07) is 0.275. The zero-order valence-corrected chi connectivity index (χ0v) is 20.5. The van der Waals surface area contributed by atoms with Gasteiger partial charge in [0.1, 0.15) is 0 Å². The molecule has 0 spiro atoms. The number of hydrogen-bond acceptors (Lipinski definition) is 4. The zero-order chi connectivity index (χ0) is 22.4. The molecule has 3 atom stereocenters. The fraction of sp³-hybridized carbons (Fsp3) is 0.917. The number of rotatable bonds is 6. The molecule has 7 nitrogen and oxygen atoms in total. The number of nitrogens with one attached hydrogen (secondary N) is 2. The molecule has 2 aliphatic heterocycles. The third-order valence-corrected chi connectivity index (χ3v) is 7.04. The van der Waals surface area contributed by atoms with Gasteiger partial charge < -0.3 is 20.3 Å². The highest BCUT2D eigenvalue weighted by Gasteiger charge is 2.34. The summed E-state index contributed by atoms with van der Waals surface area (Å²) in [7, 11) is 0. The van der Waals surface area contributed by atoms with Gasteiger partial charge in [0.2, 0.25) is 5.91 Å². The second kappa shape index (κ2) is 11.0. The predicted molar refractivity (Wildman–Crippen MR) is 126 cm³/mol. The number of hydrogen-bond donors (Lipinski definition) is 2. The lowest BCUT2D eigenvalue weighted by atomic mass is 9.88. The second-order valence-corrected chi connectivity index (χ2v) is 10.4. The molecule has 0 aromatic carbocycles. The highest BCUT2D eigenvalue weighted by molar-refractivity contribution is 5.81. The van der Waals surface area contributed by atoms with Gasteiger partial charge in [0.15, 0.2) is 5.96 Å². The molecule has 0 bridgehead atoms. The summed E-state index contributed by atoms with van der Waals surface area (Å²) >= 11 is 0. The standard InChI is InChI=1S/C24H45N5O2/c1-6-25-23(26-17-24(4,5)29-14-18(2)31-19(3)15-29)27-21-12-13-28(16-21)22(30)20-10-8-7-9-11-20/h18-21H,6-17H2,1-5H3,(H2,25,26,27). The lowest BCUT2D eigenvalue weighted by molar-refractivity contribution is -0.135. The maximum atomic E-state index is 12.9. The van der Waals surface area contributed by atoms with Crippen LogP contribution in [0.4, 0.5) is 0 Å². The fourth-order valence-corrected chi connectivity index (χ4v) is 5.24. The zero-order valence-electron chi connectivity index (χ0n) is 20.5. The average molecular weight is 436 g/mol. The van der Waals surface area contributed by atoms with Crippen LogP contribution in [0.15, 0.2) is 4.99 Å². The van der Waals surface area contributed by atoms with Crippen molar-refractivity contribution >= 4 is 11.9 Å². The number of likely N-dealkylation sites (tertiary alicyclic amines) is 1. The number of carbonyl (C=O) groups excluding carboxylic acids is 1. The molecule has 2 heterocycles. The van der Waals surface area contributed by atoms with Gasteiger partial charge in [0.05, 0.1) is 18.8 Å². The molecule has 0 aromatic heterocycles. The third kappa shape index (κ3) is 6.82. The molecule has 1 saturated carbocycles. The first-order valence-electron chi connectivity index (χ1n) is 12.5. The first kappa shape index (κ1) is 24.3. The lowest BCUT2D eigenvalue weighted by Gasteiger charge is -2.44. The Hall–Kier alpha value is -1.34. The number of amides is 1. The van der Waals surface area contributed by atoms with Crippen LogP contribution in [0.2, 0.25) is 0 Å². The molecule has 178 valence electrons. The monoisotopic (exact) mass is 435 g/mol. The first-order chi connectivity index (χ1) is 14.8. The van der Waals surface area contributed by atoms with E-state index in [1.807, 2.05) is 0 Å². The number of morpholine rings is 1. The van der Waals surface area contributed by atoms with Crippen LogP contribution in [0.25, 0.3) is 0 Å². The minimum Gasteiger partial charge on any atom is -0.373 e. The van der Waals surface area contributed by atoms with Crippen molar-refractivity contribution < 1.29 is 9.53 Å². The van der Waals surface area contributed by atoms with Gasteiger partial charge in [-0.3, -0.25) is 14.7 Å². The number of nitrogens with zero attached hydrogens (tertiary/aromatic N) is 3. The van der Waals surface area contributed by atoms with Crippen LogP contribution in [-0.2, 0) is 9.53 Å². The van der Waals surface area contributed by atoms with E-state index in [0.717, 1.165) is 64.5 Å². The van der Waals surface area contributed by atoms with Gasteiger partial charge in [0, 0.05) is 50.2 Å². The van der Waals surface area contributed by atoms with E-state index in [1.54, 1.807) is 0 Å². The van der Waals surface area contributed by atoms with Gasteiger partial charge in [-0.25, -0.2) is 0 Å². The summed E-state index contributed by atoms with van der Waals surface area (Å²) in [6.45, 7) is 16.0. The molecule has 3 aliphatic rings. The van der Waals surface area contributed by atoms with Crippen LogP contribution in [0, 0.1) is 5.92 Å². The molecule has 31 heavy (non-hydrogen) atoms. The van der Waals surface area contributed by atoms with Gasteiger partial charge in [-0.15, -0.1) is 0 Å². The van der Waals surface area contributed by atoms with Crippen LogP contribution in [-0.4, -0.2) is 84.7 Å². The molecule has 2 saturated heterocycles. The van der Waals surface area contributed by atoms with Gasteiger partial charge in [-0.1, -0.05) is 19.3 Å². The fourth-order valence-electron chi connectivity index (χ4n) is 5.24. The first-order valence-corrected chi connectivity index (χ1v) is 12.5. The molecule has 1 aliphatic carbocycles. The lowest BCUT2D eigenvalue weighted by Crippen LogP contribution is -2.56. The molecule has 2 N–H and O–H groups in total. The summed E-state index contributed by atoms with van der Waals surface area (Å²) in [6.07, 6.45) is 7.35. The van der Waals surface area contributed by atoms with Crippen LogP contribution in [0.3, 0.4) is 0 Å². The Kier molecular flexibility index (Phi) is 8.62. The number of ether oxygens (including phenoxy) is 1. The van der Waals surface area contributed by atoms with Crippen LogP contribution >= 0.6 is 0 Å². The smallest absolute Gasteiger partial charge is 0.225 e. The summed E-state index contributed by atoms with van der Waals surface area (Å²) in [5, 5.41) is 7.00. The maximum absolute atomic E-state index is 12.9. The van der Waals surface area contributed by atoms with E-state index in [0.29, 0.717) is 5.91 Å². The maximum Gasteiger partial charge on any atom is 0.225 e. The van der Waals surface area contributed by atoms with Crippen molar-refractivity contribution in [2.24, 2.45) is 10.9 Å². The van der Waals surface area contributed by atoms with E-state index in [1.165, 1.54) is 19.3 Å². The normalized spacial score (nSPS) is 29.3. The Balaban J connectivity index is 1.54. The minimum absolute atomic E-state index is 0.0344. The number of guanidine groups is 1. The van der Waals surface area contributed by atoms with E-state index in [-0.39, 0.29) is 29.7 Å². The van der Waals surface area contributed by atoms with Crippen molar-refractivity contribution in [2.45, 2.75) is 96.9 Å². The van der Waals surface area contributed by atoms with E-state index in [2.05, 4.69) is 55.1 Å². The van der Waals surface area contributed by atoms with Crippen molar-refractivity contribution in [2.75, 3.05) is 39.3 Å². The van der Waals surface area contributed by atoms with Crippen LogP contribution < -0.4 is 10.6 Å². The van der Waals surface area contributed by atoms with E-state index < -0.39 is 0 Å². The highest BCUT2D eigenvalue weighted by atomic mass is 16.5. The van der Waals surface area contributed by atoms with E-state index in [4.69, 9.17) is 9.73 Å². The Bertz CT molecular complexity index is 607. The average Bonchev–Trinajstić information content (AvgIpc) is 3.20. The molecular formula is C24H45N5O2. The van der Waals surface area contributed by atoms with Gasteiger partial charge in [0.25, 0.3) is 0 Å². The molecular weight excluding hydrogens is 390 g/mol. The quantitative estimate of drug-likeness (QED) is 0.496. The molecule has 0 radical (unpaired) electrons. The molecule has 3 rings (SSSR count). The molecule has 0 aromatic rings. The topological polar surface area (TPSA) is 69.2 Å². The molecule has 1 amide bonds. The van der Waals surface area contributed by atoms with Gasteiger partial charge in [-0.05, 0) is 53.9 Å². The van der Waals surface area contributed by atoms with E-state index in [9.17, 15) is 4.79 Å². The van der Waals surface area contributed by atoms with Gasteiger partial charge in [-0.2, -0.15) is 0 Å². The number of aliphatic imine (C=N–C) groups is 1. The molecule has 7 heteroatoms. The summed E-state index contributed by atoms with van der Waals surface area (Å²) in [4.78, 5) is 22.4. The van der Waals surface area contributed by atoms with Crippen molar-refractivity contribution in [1.82, 2.24) is 20.4 Å². The Morgan fingerprint density at radius 3 is 2.39 bits per heavy atom. The van der Waals surface area contributed by atoms with E-state index >= 15 is 0 Å². The minimum atomic E-state index is -0.0344. The Labute approximate surface area is 189 Å². The summed E-state index contributed by atoms with van der Waals surface area (Å²) in [5.41, 5.74) is -0.0344. The van der Waals surface area contributed by atoms with Crippen molar-refractivity contribution in [3.8, 4) is 0 Å². The number of carbonyl (C=O) groups is 1. The predicted octanol–water partition coefficient (Wildman–Crippen LogP) is 2.61. The Morgan fingerprint density at radius 1 is 1.06 bits per heavy atom. The summed E-state index contributed by atoms with van der Waals surface area (Å²) in [5.74, 6) is 1.50. The molecule has 3 fully saturated rings. The Morgan fingerprint density at radius 2 is 1.74 bits per heavy atom. The van der Waals surface area contributed by atoms with Crippen molar-refractivity contribution in [3.63, 3.8) is 0 Å². The largest absolute Gasteiger partial charge is 0.373 e. The van der Waals surface area contributed by atoms with Crippen LogP contribution in [0.5, 0.6) is 0 Å². The van der Waals surface area contributed by atoms with Crippen molar-refractivity contribution in [1.29, 1.82) is 0 Å². The van der Waals surface area contributed by atoms with Gasteiger partial charge >= 0.3 is 0 Å². The van der Waals surface area contributed by atoms with Crippen LogP contribution in [0.1, 0.15) is 73.1 Å². The second-order valence-electron chi connectivity index (χ2n) is 10.4. The SMILES string of the molecule is CCNC(=NCC(C)(C)N1CC(C)OC(C)C1)NC1CCN(C(=O)C2CCCCC2)C1. The van der Waals surface area contributed by atoms with Crippen molar-refractivity contribution in [3.05, 3.63) is 0 Å².